The topological polar surface area (TPSA) is 41.6 Å². The normalized spacial score (nSPS) is 15.6. The lowest BCUT2D eigenvalue weighted by Crippen LogP contribution is -2.39. The summed E-state index contributed by atoms with van der Waals surface area (Å²) < 4.78 is 5.27. The van der Waals surface area contributed by atoms with Crippen molar-refractivity contribution in [3.05, 3.63) is 65.7 Å². The number of hydrogen-bond acceptors (Lipinski definition) is 3. The first-order chi connectivity index (χ1) is 12.8. The quantitative estimate of drug-likeness (QED) is 0.831. The molecular weight excluding hydrogens is 324 g/mol. The monoisotopic (exact) mass is 352 g/mol. The Hall–Kier alpha value is -2.33. The zero-order chi connectivity index (χ0) is 18.2. The number of para-hydroxylation sites is 1. The molecule has 1 fully saturated rings. The number of carbonyl (C=O) groups excluding carboxylic acids is 1. The van der Waals surface area contributed by atoms with Crippen LogP contribution in [0.25, 0.3) is 0 Å². The average molecular weight is 352 g/mol. The molecule has 26 heavy (non-hydrogen) atoms. The molecule has 1 aliphatic rings. The second-order valence-corrected chi connectivity index (χ2v) is 6.93. The van der Waals surface area contributed by atoms with Gasteiger partial charge in [0.25, 0.3) is 5.91 Å². The Bertz CT molecular complexity index is 694. The average Bonchev–Trinajstić information content (AvgIpc) is 2.72. The minimum Gasteiger partial charge on any atom is -0.496 e. The van der Waals surface area contributed by atoms with E-state index in [1.807, 2.05) is 18.2 Å². The molecular formula is C22H28N2O2. The van der Waals surface area contributed by atoms with Crippen LogP contribution in [-0.2, 0) is 6.42 Å². The van der Waals surface area contributed by atoms with Crippen LogP contribution in [0.4, 0.5) is 0 Å². The molecule has 1 aliphatic heterocycles. The fourth-order valence-electron chi connectivity index (χ4n) is 3.51. The molecule has 0 bridgehead atoms. The van der Waals surface area contributed by atoms with Gasteiger partial charge < -0.3 is 15.0 Å². The highest BCUT2D eigenvalue weighted by Gasteiger charge is 2.20. The number of piperidine rings is 1. The van der Waals surface area contributed by atoms with Crippen LogP contribution in [0, 0.1) is 5.92 Å². The van der Waals surface area contributed by atoms with Gasteiger partial charge in [-0.3, -0.25) is 4.79 Å². The zero-order valence-electron chi connectivity index (χ0n) is 15.5. The number of carbonyl (C=O) groups is 1. The van der Waals surface area contributed by atoms with Gasteiger partial charge in [-0.15, -0.1) is 0 Å². The third-order valence-electron chi connectivity index (χ3n) is 5.17. The molecule has 2 aromatic rings. The van der Waals surface area contributed by atoms with E-state index in [-0.39, 0.29) is 5.91 Å². The van der Waals surface area contributed by atoms with Gasteiger partial charge in [0.1, 0.15) is 5.75 Å². The third-order valence-corrected chi connectivity index (χ3v) is 5.17. The second-order valence-electron chi connectivity index (χ2n) is 6.93. The summed E-state index contributed by atoms with van der Waals surface area (Å²) in [5, 5.41) is 3.08. The molecule has 0 unspecified atom stereocenters. The maximum Gasteiger partial charge on any atom is 0.255 e. The molecule has 3 rings (SSSR count). The van der Waals surface area contributed by atoms with Crippen molar-refractivity contribution in [2.45, 2.75) is 19.3 Å². The first-order valence-electron chi connectivity index (χ1n) is 9.44. The number of hydrogen-bond donors (Lipinski definition) is 1. The van der Waals surface area contributed by atoms with E-state index < -0.39 is 0 Å². The maximum atomic E-state index is 12.4. The first kappa shape index (κ1) is 18.5. The fourth-order valence-corrected chi connectivity index (χ4v) is 3.51. The smallest absolute Gasteiger partial charge is 0.255 e. The molecule has 4 heteroatoms. The Morgan fingerprint density at radius 2 is 1.77 bits per heavy atom. The van der Waals surface area contributed by atoms with E-state index in [0.717, 1.165) is 45.4 Å². The first-order valence-corrected chi connectivity index (χ1v) is 9.44. The highest BCUT2D eigenvalue weighted by molar-refractivity contribution is 5.96. The molecule has 0 radical (unpaired) electrons. The minimum absolute atomic E-state index is 0.0473. The van der Waals surface area contributed by atoms with E-state index in [9.17, 15) is 4.79 Å². The van der Waals surface area contributed by atoms with Crippen molar-refractivity contribution in [3.63, 3.8) is 0 Å². The predicted molar refractivity (Wildman–Crippen MR) is 105 cm³/mol. The van der Waals surface area contributed by atoms with Crippen LogP contribution < -0.4 is 10.1 Å². The van der Waals surface area contributed by atoms with Crippen LogP contribution in [0.2, 0.25) is 0 Å². The Balaban J connectivity index is 1.39. The van der Waals surface area contributed by atoms with Crippen molar-refractivity contribution in [2.75, 3.05) is 33.3 Å². The molecule has 0 spiro atoms. The molecule has 2 aromatic carbocycles. The van der Waals surface area contributed by atoms with Crippen molar-refractivity contribution in [1.29, 1.82) is 0 Å². The van der Waals surface area contributed by atoms with Gasteiger partial charge in [-0.05, 0) is 56.0 Å². The molecule has 1 amide bonds. The Morgan fingerprint density at radius 3 is 2.50 bits per heavy atom. The van der Waals surface area contributed by atoms with E-state index in [2.05, 4.69) is 40.5 Å². The number of ether oxygens (including phenoxy) is 1. The summed E-state index contributed by atoms with van der Waals surface area (Å²) in [6.45, 7) is 4.08. The molecule has 0 aromatic heterocycles. The van der Waals surface area contributed by atoms with Crippen LogP contribution in [0.1, 0.15) is 28.8 Å². The summed E-state index contributed by atoms with van der Waals surface area (Å²) in [4.78, 5) is 14.9. The van der Waals surface area contributed by atoms with Gasteiger partial charge in [0.2, 0.25) is 0 Å². The van der Waals surface area contributed by atoms with Crippen LogP contribution in [0.3, 0.4) is 0 Å². The summed E-state index contributed by atoms with van der Waals surface area (Å²) in [7, 11) is 1.59. The number of benzene rings is 2. The highest BCUT2D eigenvalue weighted by atomic mass is 16.5. The summed E-state index contributed by atoms with van der Waals surface area (Å²) >= 11 is 0. The summed E-state index contributed by atoms with van der Waals surface area (Å²) in [5.41, 5.74) is 2.01. The lowest BCUT2D eigenvalue weighted by Gasteiger charge is -2.32. The number of likely N-dealkylation sites (tertiary alicyclic amines) is 1. The van der Waals surface area contributed by atoms with Gasteiger partial charge >= 0.3 is 0 Å². The van der Waals surface area contributed by atoms with Crippen LogP contribution >= 0.6 is 0 Å². The van der Waals surface area contributed by atoms with Gasteiger partial charge in [0, 0.05) is 13.1 Å². The van der Waals surface area contributed by atoms with Gasteiger partial charge in [-0.1, -0.05) is 42.5 Å². The van der Waals surface area contributed by atoms with Gasteiger partial charge in [0.15, 0.2) is 0 Å². The van der Waals surface area contributed by atoms with E-state index in [1.54, 1.807) is 13.2 Å². The molecule has 1 heterocycles. The van der Waals surface area contributed by atoms with E-state index in [0.29, 0.717) is 17.2 Å². The molecule has 0 saturated carbocycles. The van der Waals surface area contributed by atoms with Crippen LogP contribution in [0.15, 0.2) is 54.6 Å². The number of nitrogens with zero attached hydrogens (tertiary/aromatic N) is 1. The Morgan fingerprint density at radius 1 is 1.08 bits per heavy atom. The Labute approximate surface area is 156 Å². The summed E-state index contributed by atoms with van der Waals surface area (Å²) in [6, 6.07) is 18.0. The number of methoxy groups -OCH3 is 1. The largest absolute Gasteiger partial charge is 0.496 e. The van der Waals surface area contributed by atoms with Crippen molar-refractivity contribution in [3.8, 4) is 5.75 Å². The fraction of sp³-hybridized carbons (Fsp3) is 0.409. The molecule has 1 N–H and O–H groups in total. The lowest BCUT2D eigenvalue weighted by molar-refractivity contribution is 0.0933. The van der Waals surface area contributed by atoms with Crippen molar-refractivity contribution in [1.82, 2.24) is 10.2 Å². The summed E-state index contributed by atoms with van der Waals surface area (Å²) in [5.74, 6) is 1.14. The van der Waals surface area contributed by atoms with E-state index >= 15 is 0 Å². The van der Waals surface area contributed by atoms with E-state index in [1.165, 1.54) is 5.56 Å². The number of nitrogens with one attached hydrogen (secondary N) is 1. The molecule has 1 saturated heterocycles. The van der Waals surface area contributed by atoms with Gasteiger partial charge in [0.05, 0.1) is 12.7 Å². The van der Waals surface area contributed by atoms with Gasteiger partial charge in [-0.2, -0.15) is 0 Å². The maximum absolute atomic E-state index is 12.4. The standard InChI is InChI=1S/C22H28N2O2/c1-26-21-10-6-5-9-20(21)22(25)23-17-19-12-15-24(16-13-19)14-11-18-7-3-2-4-8-18/h2-10,19H,11-17H2,1H3,(H,23,25). The molecule has 138 valence electrons. The highest BCUT2D eigenvalue weighted by Crippen LogP contribution is 2.19. The zero-order valence-corrected chi connectivity index (χ0v) is 15.5. The molecule has 0 aliphatic carbocycles. The molecule has 0 atom stereocenters. The summed E-state index contributed by atoms with van der Waals surface area (Å²) in [6.07, 6.45) is 3.39. The SMILES string of the molecule is COc1ccccc1C(=O)NCC1CCN(CCc2ccccc2)CC1. The predicted octanol–water partition coefficient (Wildman–Crippen LogP) is 3.38. The second kappa shape index (κ2) is 9.39. The lowest BCUT2D eigenvalue weighted by atomic mass is 9.96. The van der Waals surface area contributed by atoms with Crippen LogP contribution in [0.5, 0.6) is 5.75 Å². The van der Waals surface area contributed by atoms with Gasteiger partial charge in [-0.25, -0.2) is 0 Å². The van der Waals surface area contributed by atoms with Crippen molar-refractivity contribution >= 4 is 5.91 Å². The van der Waals surface area contributed by atoms with Crippen LogP contribution in [-0.4, -0.2) is 44.1 Å². The number of amides is 1. The van der Waals surface area contributed by atoms with E-state index in [4.69, 9.17) is 4.74 Å². The molecule has 4 nitrogen and oxygen atoms in total. The number of rotatable bonds is 7. The van der Waals surface area contributed by atoms with Crippen molar-refractivity contribution < 1.29 is 9.53 Å². The minimum atomic E-state index is -0.0473. The van der Waals surface area contributed by atoms with Crippen molar-refractivity contribution in [2.24, 2.45) is 5.92 Å². The Kier molecular flexibility index (Phi) is 6.67. The third kappa shape index (κ3) is 5.09.